The molecule has 7 heteroatoms. The maximum absolute atomic E-state index is 13.5. The van der Waals surface area contributed by atoms with Gasteiger partial charge in [-0.25, -0.2) is 4.79 Å². The summed E-state index contributed by atoms with van der Waals surface area (Å²) in [5.41, 5.74) is 10.8. The first kappa shape index (κ1) is 35.5. The first-order chi connectivity index (χ1) is 24.9. The second-order valence-electron chi connectivity index (χ2n) is 13.5. The van der Waals surface area contributed by atoms with Crippen molar-refractivity contribution in [2.45, 2.75) is 77.7 Å². The van der Waals surface area contributed by atoms with E-state index in [9.17, 15) is 14.4 Å². The molecular formula is C44H47N3O4. The lowest BCUT2D eigenvalue weighted by Gasteiger charge is -2.26. The molecule has 0 aromatic heterocycles. The van der Waals surface area contributed by atoms with Crippen LogP contribution < -0.4 is 15.5 Å². The second-order valence-corrected chi connectivity index (χ2v) is 13.5. The highest BCUT2D eigenvalue weighted by Gasteiger charge is 2.30. The van der Waals surface area contributed by atoms with Crippen molar-refractivity contribution in [3.8, 4) is 23.0 Å². The van der Waals surface area contributed by atoms with Crippen molar-refractivity contribution < 1.29 is 19.1 Å². The van der Waals surface area contributed by atoms with Crippen LogP contribution in [0.3, 0.4) is 0 Å². The predicted molar refractivity (Wildman–Crippen MR) is 203 cm³/mol. The van der Waals surface area contributed by atoms with Gasteiger partial charge in [-0.2, -0.15) is 0 Å². The van der Waals surface area contributed by atoms with Gasteiger partial charge in [0, 0.05) is 43.0 Å². The molecule has 0 saturated heterocycles. The number of nitrogens with zero attached hydrogens (tertiary/aromatic N) is 1. The van der Waals surface area contributed by atoms with Crippen LogP contribution in [0.15, 0.2) is 84.9 Å². The van der Waals surface area contributed by atoms with E-state index in [1.165, 1.54) is 33.4 Å². The van der Waals surface area contributed by atoms with Crippen molar-refractivity contribution in [2.75, 3.05) is 24.6 Å². The Hall–Kier alpha value is -5.35. The lowest BCUT2D eigenvalue weighted by atomic mass is 9.95. The quantitative estimate of drug-likeness (QED) is 0.104. The Morgan fingerprint density at radius 3 is 2.33 bits per heavy atom. The van der Waals surface area contributed by atoms with E-state index in [2.05, 4.69) is 65.8 Å². The van der Waals surface area contributed by atoms with Crippen LogP contribution in [0.25, 0.3) is 11.1 Å². The molecule has 0 fully saturated rings. The van der Waals surface area contributed by atoms with Gasteiger partial charge in [-0.3, -0.25) is 9.59 Å². The molecule has 6 rings (SSSR count). The summed E-state index contributed by atoms with van der Waals surface area (Å²) in [4.78, 5) is 40.0. The Kier molecular flexibility index (Phi) is 11.9. The van der Waals surface area contributed by atoms with E-state index in [4.69, 9.17) is 4.74 Å². The van der Waals surface area contributed by atoms with Gasteiger partial charge in [-0.05, 0) is 97.0 Å². The molecule has 0 radical (unpaired) electrons. The van der Waals surface area contributed by atoms with Gasteiger partial charge in [-0.15, -0.1) is 0 Å². The molecule has 262 valence electrons. The molecule has 2 aliphatic rings. The van der Waals surface area contributed by atoms with Crippen LogP contribution in [0, 0.1) is 18.8 Å². The number of hydrogen-bond donors (Lipinski definition) is 2. The van der Waals surface area contributed by atoms with E-state index in [0.717, 1.165) is 48.1 Å². The maximum Gasteiger partial charge on any atom is 0.407 e. The molecule has 0 saturated carbocycles. The minimum absolute atomic E-state index is 0.0375. The van der Waals surface area contributed by atoms with Crippen LogP contribution in [-0.4, -0.2) is 37.6 Å². The molecule has 7 nitrogen and oxygen atoms in total. The topological polar surface area (TPSA) is 87.7 Å². The highest BCUT2D eigenvalue weighted by atomic mass is 16.5. The lowest BCUT2D eigenvalue weighted by Crippen LogP contribution is -2.32. The number of nitrogens with one attached hydrogen (secondary N) is 2. The number of carbonyl (C=O) groups excluding carboxylic acids is 3. The highest BCUT2D eigenvalue weighted by Crippen LogP contribution is 2.45. The van der Waals surface area contributed by atoms with Gasteiger partial charge in [0.25, 0.3) is 0 Å². The summed E-state index contributed by atoms with van der Waals surface area (Å²) in [5.74, 6) is 6.63. The minimum Gasteiger partial charge on any atom is -0.449 e. The van der Waals surface area contributed by atoms with Crippen molar-refractivity contribution in [2.24, 2.45) is 0 Å². The Morgan fingerprint density at radius 2 is 1.49 bits per heavy atom. The van der Waals surface area contributed by atoms with Gasteiger partial charge >= 0.3 is 6.09 Å². The smallest absolute Gasteiger partial charge is 0.407 e. The fraction of sp³-hybridized carbons (Fsp3) is 0.341. The van der Waals surface area contributed by atoms with Gasteiger partial charge in [0.15, 0.2) is 0 Å². The largest absolute Gasteiger partial charge is 0.449 e. The number of aryl methyl sites for hydroxylation is 2. The summed E-state index contributed by atoms with van der Waals surface area (Å²) in [6, 6.07) is 28.9. The number of fused-ring (bicyclic) bond motifs is 5. The van der Waals surface area contributed by atoms with Crippen molar-refractivity contribution in [1.82, 2.24) is 10.6 Å². The monoisotopic (exact) mass is 681 g/mol. The third-order valence-corrected chi connectivity index (χ3v) is 9.70. The Bertz CT molecular complexity index is 1960. The van der Waals surface area contributed by atoms with Gasteiger partial charge in [0.2, 0.25) is 11.8 Å². The van der Waals surface area contributed by atoms with Gasteiger partial charge in [-0.1, -0.05) is 91.1 Å². The molecule has 1 aliphatic heterocycles. The minimum atomic E-state index is -0.446. The zero-order valence-corrected chi connectivity index (χ0v) is 29.7. The van der Waals surface area contributed by atoms with E-state index in [1.54, 1.807) is 0 Å². The number of unbranched alkanes of at least 4 members (excludes halogenated alkanes) is 2. The average molecular weight is 682 g/mol. The van der Waals surface area contributed by atoms with E-state index in [1.807, 2.05) is 60.4 Å². The van der Waals surface area contributed by atoms with Gasteiger partial charge in [0.05, 0.1) is 12.2 Å². The van der Waals surface area contributed by atoms with Crippen molar-refractivity contribution in [3.05, 3.63) is 124 Å². The SMILES string of the molecule is CCCC(=O)NCCCCc1ccc2c(c1)C(COC(=O)NCCCCC(=O)N1Cc3ccccc3C#Cc3ccccc31)c1cc(C)ccc1-2. The molecule has 1 heterocycles. The molecule has 51 heavy (non-hydrogen) atoms. The van der Waals surface area contributed by atoms with Crippen LogP contribution in [0.1, 0.15) is 96.7 Å². The number of hydrogen-bond acceptors (Lipinski definition) is 4. The number of anilines is 1. The molecule has 3 amide bonds. The summed E-state index contributed by atoms with van der Waals surface area (Å²) in [6.07, 6.45) is 5.50. The molecule has 1 aliphatic carbocycles. The van der Waals surface area contributed by atoms with E-state index in [0.29, 0.717) is 45.3 Å². The van der Waals surface area contributed by atoms with Crippen LogP contribution in [-0.2, 0) is 27.3 Å². The lowest BCUT2D eigenvalue weighted by molar-refractivity contribution is -0.121. The highest BCUT2D eigenvalue weighted by molar-refractivity contribution is 5.95. The number of rotatable bonds is 14. The van der Waals surface area contributed by atoms with Crippen LogP contribution >= 0.6 is 0 Å². The normalized spacial score (nSPS) is 13.7. The Balaban J connectivity index is 0.993. The summed E-state index contributed by atoms with van der Waals surface area (Å²) >= 11 is 0. The summed E-state index contributed by atoms with van der Waals surface area (Å²) in [7, 11) is 0. The first-order valence-electron chi connectivity index (χ1n) is 18.3. The third-order valence-electron chi connectivity index (χ3n) is 9.70. The zero-order valence-electron chi connectivity index (χ0n) is 29.7. The zero-order chi connectivity index (χ0) is 35.6. The van der Waals surface area contributed by atoms with Crippen LogP contribution in [0.4, 0.5) is 10.5 Å². The number of ether oxygens (including phenoxy) is 1. The number of benzene rings is 4. The fourth-order valence-corrected chi connectivity index (χ4v) is 7.01. The predicted octanol–water partition coefficient (Wildman–Crippen LogP) is 8.19. The number of para-hydroxylation sites is 1. The van der Waals surface area contributed by atoms with Crippen molar-refractivity contribution in [3.63, 3.8) is 0 Å². The summed E-state index contributed by atoms with van der Waals surface area (Å²) < 4.78 is 5.82. The van der Waals surface area contributed by atoms with Crippen LogP contribution in [0.5, 0.6) is 0 Å². The Morgan fingerprint density at radius 1 is 0.784 bits per heavy atom. The summed E-state index contributed by atoms with van der Waals surface area (Å²) in [6.45, 7) is 5.95. The van der Waals surface area contributed by atoms with E-state index in [-0.39, 0.29) is 24.3 Å². The maximum atomic E-state index is 13.5. The second kappa shape index (κ2) is 17.0. The number of alkyl carbamates (subject to hydrolysis) is 1. The van der Waals surface area contributed by atoms with Crippen LogP contribution in [0.2, 0.25) is 0 Å². The van der Waals surface area contributed by atoms with Gasteiger partial charge < -0.3 is 20.3 Å². The molecule has 1 unspecified atom stereocenters. The molecule has 0 spiro atoms. The molecule has 2 N–H and O–H groups in total. The third kappa shape index (κ3) is 8.88. The first-order valence-corrected chi connectivity index (χ1v) is 18.3. The molecule has 4 aromatic carbocycles. The standard InChI is InChI=1S/C44H47N3O4/c1-3-12-42(48)45-25-10-8-13-32-20-24-37-36-23-19-31(2)27-38(36)40(39(37)28-32)30-51-44(50)46-26-11-9-18-43(49)47-29-35-16-5-4-14-33(35)21-22-34-15-6-7-17-41(34)47/h4-7,14-17,19-20,23-24,27-28,40H,3,8-13,18,25-26,29-30H2,1-2H3,(H,45,48)(H,46,50). The molecule has 4 aromatic rings. The van der Waals surface area contributed by atoms with E-state index >= 15 is 0 Å². The molecular weight excluding hydrogens is 635 g/mol. The fourth-order valence-electron chi connectivity index (χ4n) is 7.01. The van der Waals surface area contributed by atoms with E-state index < -0.39 is 6.09 Å². The average Bonchev–Trinajstić information content (AvgIpc) is 3.43. The summed E-state index contributed by atoms with van der Waals surface area (Å²) in [5, 5.41) is 5.90. The van der Waals surface area contributed by atoms with Crippen molar-refractivity contribution in [1.29, 1.82) is 0 Å². The number of amides is 3. The molecule has 0 bridgehead atoms. The number of carbonyl (C=O) groups is 3. The Labute approximate surface area is 301 Å². The molecule has 1 atom stereocenters. The van der Waals surface area contributed by atoms with Gasteiger partial charge in [0.1, 0.15) is 6.61 Å². The van der Waals surface area contributed by atoms with Crippen molar-refractivity contribution >= 4 is 23.6 Å².